The van der Waals surface area contributed by atoms with E-state index in [2.05, 4.69) is 29.5 Å². The molecule has 0 bridgehead atoms. The van der Waals surface area contributed by atoms with E-state index in [4.69, 9.17) is 16.3 Å². The molecule has 1 aromatic heterocycles. The van der Waals surface area contributed by atoms with Crippen LogP contribution in [0.3, 0.4) is 0 Å². The molecule has 1 heterocycles. The summed E-state index contributed by atoms with van der Waals surface area (Å²) in [6.45, 7) is 2.41. The van der Waals surface area contributed by atoms with Gasteiger partial charge in [0, 0.05) is 10.9 Å². The third-order valence-electron chi connectivity index (χ3n) is 5.02. The van der Waals surface area contributed by atoms with Crippen LogP contribution in [0, 0.1) is 5.92 Å². The molecule has 4 rings (SSSR count). The van der Waals surface area contributed by atoms with Crippen molar-refractivity contribution in [2.24, 2.45) is 5.92 Å². The average Bonchev–Trinajstić information content (AvgIpc) is 3.40. The van der Waals surface area contributed by atoms with Crippen molar-refractivity contribution >= 4 is 23.2 Å². The van der Waals surface area contributed by atoms with Crippen LogP contribution in [0.1, 0.15) is 30.4 Å². The first-order chi connectivity index (χ1) is 13.6. The standard InChI is InChI=1S/C22H22ClN3O2/c1-2-15-3-9-19(10-4-15)28-14-26-13-18(12-24-26)25-22(27)21-11-20(21)16-5-7-17(23)8-6-16/h3-10,12-13,20-21H,2,11,14H2,1H3,(H,25,27). The fourth-order valence-corrected chi connectivity index (χ4v) is 3.38. The maximum atomic E-state index is 12.5. The van der Waals surface area contributed by atoms with E-state index in [1.807, 2.05) is 36.4 Å². The van der Waals surface area contributed by atoms with Crippen molar-refractivity contribution in [1.82, 2.24) is 9.78 Å². The molecule has 2 unspecified atom stereocenters. The van der Waals surface area contributed by atoms with Gasteiger partial charge in [-0.2, -0.15) is 5.10 Å². The number of hydrogen-bond acceptors (Lipinski definition) is 3. The van der Waals surface area contributed by atoms with Gasteiger partial charge < -0.3 is 10.1 Å². The molecule has 2 aromatic carbocycles. The van der Waals surface area contributed by atoms with Gasteiger partial charge in [0.1, 0.15) is 5.75 Å². The lowest BCUT2D eigenvalue weighted by Crippen LogP contribution is -2.14. The molecule has 1 amide bonds. The Morgan fingerprint density at radius 1 is 1.21 bits per heavy atom. The van der Waals surface area contributed by atoms with Gasteiger partial charge in [-0.05, 0) is 54.2 Å². The molecule has 0 radical (unpaired) electrons. The highest BCUT2D eigenvalue weighted by Crippen LogP contribution is 2.48. The molecular formula is C22H22ClN3O2. The quantitative estimate of drug-likeness (QED) is 0.620. The van der Waals surface area contributed by atoms with Crippen molar-refractivity contribution in [2.75, 3.05) is 5.32 Å². The first-order valence-corrected chi connectivity index (χ1v) is 9.80. The number of aromatic nitrogens is 2. The van der Waals surface area contributed by atoms with E-state index in [0.717, 1.165) is 24.2 Å². The number of nitrogens with one attached hydrogen (secondary N) is 1. The van der Waals surface area contributed by atoms with E-state index in [1.165, 1.54) is 5.56 Å². The van der Waals surface area contributed by atoms with Crippen LogP contribution in [0.15, 0.2) is 60.9 Å². The number of nitrogens with zero attached hydrogens (tertiary/aromatic N) is 2. The lowest BCUT2D eigenvalue weighted by Gasteiger charge is -2.06. The average molecular weight is 396 g/mol. The Hall–Kier alpha value is -2.79. The molecule has 0 aliphatic heterocycles. The minimum Gasteiger partial charge on any atom is -0.471 e. The maximum Gasteiger partial charge on any atom is 0.228 e. The number of ether oxygens (including phenoxy) is 1. The van der Waals surface area contributed by atoms with E-state index in [9.17, 15) is 4.79 Å². The van der Waals surface area contributed by atoms with Gasteiger partial charge in [-0.15, -0.1) is 0 Å². The first-order valence-electron chi connectivity index (χ1n) is 9.43. The highest BCUT2D eigenvalue weighted by atomic mass is 35.5. The van der Waals surface area contributed by atoms with Crippen LogP contribution >= 0.6 is 11.6 Å². The summed E-state index contributed by atoms with van der Waals surface area (Å²) in [5, 5.41) is 7.90. The number of carbonyl (C=O) groups excluding carboxylic acids is 1. The summed E-state index contributed by atoms with van der Waals surface area (Å²) in [6.07, 6.45) is 5.28. The number of aryl methyl sites for hydroxylation is 1. The minimum atomic E-state index is -0.00199. The van der Waals surface area contributed by atoms with Gasteiger partial charge in [0.2, 0.25) is 5.91 Å². The molecule has 28 heavy (non-hydrogen) atoms. The van der Waals surface area contributed by atoms with Gasteiger partial charge in [0.05, 0.1) is 18.1 Å². The molecule has 1 aliphatic carbocycles. The number of halogens is 1. The number of carbonyl (C=O) groups is 1. The predicted octanol–water partition coefficient (Wildman–Crippen LogP) is 4.88. The second kappa shape index (κ2) is 8.07. The highest BCUT2D eigenvalue weighted by molar-refractivity contribution is 6.30. The van der Waals surface area contributed by atoms with Crippen LogP contribution in [0.4, 0.5) is 5.69 Å². The van der Waals surface area contributed by atoms with Crippen LogP contribution in [-0.4, -0.2) is 15.7 Å². The van der Waals surface area contributed by atoms with Gasteiger partial charge >= 0.3 is 0 Å². The van der Waals surface area contributed by atoms with Crippen molar-refractivity contribution in [3.05, 3.63) is 77.1 Å². The number of amides is 1. The van der Waals surface area contributed by atoms with Crippen LogP contribution in [0.25, 0.3) is 0 Å². The zero-order valence-electron chi connectivity index (χ0n) is 15.6. The first kappa shape index (κ1) is 18.6. The molecule has 0 saturated heterocycles. The summed E-state index contributed by atoms with van der Waals surface area (Å²) in [4.78, 5) is 12.5. The Morgan fingerprint density at radius 3 is 2.68 bits per heavy atom. The Kier molecular flexibility index (Phi) is 5.35. The van der Waals surface area contributed by atoms with Crippen molar-refractivity contribution in [2.45, 2.75) is 32.4 Å². The molecule has 144 valence electrons. The smallest absolute Gasteiger partial charge is 0.228 e. The largest absolute Gasteiger partial charge is 0.471 e. The third-order valence-corrected chi connectivity index (χ3v) is 5.27. The minimum absolute atomic E-state index is 0.00199. The lowest BCUT2D eigenvalue weighted by atomic mass is 10.1. The Morgan fingerprint density at radius 2 is 1.96 bits per heavy atom. The van der Waals surface area contributed by atoms with Gasteiger partial charge in [0.15, 0.2) is 6.73 Å². The number of hydrogen-bond donors (Lipinski definition) is 1. The molecule has 6 heteroatoms. The van der Waals surface area contributed by atoms with E-state index in [-0.39, 0.29) is 24.5 Å². The SMILES string of the molecule is CCc1ccc(OCn2cc(NC(=O)C3CC3c3ccc(Cl)cc3)cn2)cc1. The Balaban J connectivity index is 1.28. The van der Waals surface area contributed by atoms with Gasteiger partial charge in [0.25, 0.3) is 0 Å². The second-order valence-corrected chi connectivity index (χ2v) is 7.47. The molecule has 5 nitrogen and oxygen atoms in total. The normalized spacial score (nSPS) is 17.9. The van der Waals surface area contributed by atoms with Crippen molar-refractivity contribution in [3.8, 4) is 5.75 Å². The maximum absolute atomic E-state index is 12.5. The van der Waals surface area contributed by atoms with Crippen LogP contribution in [-0.2, 0) is 17.9 Å². The van der Waals surface area contributed by atoms with E-state index < -0.39 is 0 Å². The fraction of sp³-hybridized carbons (Fsp3) is 0.273. The molecule has 1 saturated carbocycles. The summed E-state index contributed by atoms with van der Waals surface area (Å²) in [5.74, 6) is 1.08. The summed E-state index contributed by atoms with van der Waals surface area (Å²) >= 11 is 5.92. The summed E-state index contributed by atoms with van der Waals surface area (Å²) in [5.41, 5.74) is 3.10. The third kappa shape index (κ3) is 4.37. The van der Waals surface area contributed by atoms with Crippen molar-refractivity contribution < 1.29 is 9.53 Å². The molecule has 1 fully saturated rings. The molecular weight excluding hydrogens is 374 g/mol. The highest BCUT2D eigenvalue weighted by Gasteiger charge is 2.43. The number of benzene rings is 2. The van der Waals surface area contributed by atoms with E-state index in [0.29, 0.717) is 10.7 Å². The molecule has 1 aliphatic rings. The van der Waals surface area contributed by atoms with Gasteiger partial charge in [-0.1, -0.05) is 42.8 Å². The van der Waals surface area contributed by atoms with E-state index in [1.54, 1.807) is 17.1 Å². The van der Waals surface area contributed by atoms with E-state index >= 15 is 0 Å². The van der Waals surface area contributed by atoms with Crippen LogP contribution in [0.5, 0.6) is 5.75 Å². The molecule has 1 N–H and O–H groups in total. The zero-order chi connectivity index (χ0) is 19.5. The Labute approximate surface area is 169 Å². The lowest BCUT2D eigenvalue weighted by molar-refractivity contribution is -0.117. The predicted molar refractivity (Wildman–Crippen MR) is 110 cm³/mol. The van der Waals surface area contributed by atoms with Crippen LogP contribution < -0.4 is 10.1 Å². The summed E-state index contributed by atoms with van der Waals surface area (Å²) in [6, 6.07) is 15.7. The number of anilines is 1. The zero-order valence-corrected chi connectivity index (χ0v) is 16.4. The van der Waals surface area contributed by atoms with Crippen molar-refractivity contribution in [1.29, 1.82) is 0 Å². The summed E-state index contributed by atoms with van der Waals surface area (Å²) in [7, 11) is 0. The summed E-state index contributed by atoms with van der Waals surface area (Å²) < 4.78 is 7.39. The monoisotopic (exact) mass is 395 g/mol. The van der Waals surface area contributed by atoms with Gasteiger partial charge in [-0.3, -0.25) is 4.79 Å². The van der Waals surface area contributed by atoms with Crippen LogP contribution in [0.2, 0.25) is 5.02 Å². The molecule has 2 atom stereocenters. The number of rotatable bonds is 7. The second-order valence-electron chi connectivity index (χ2n) is 7.03. The van der Waals surface area contributed by atoms with Gasteiger partial charge in [-0.25, -0.2) is 4.68 Å². The molecule has 3 aromatic rings. The Bertz CT molecular complexity index is 951. The molecule has 0 spiro atoms. The topological polar surface area (TPSA) is 56.1 Å². The van der Waals surface area contributed by atoms with Crippen molar-refractivity contribution in [3.63, 3.8) is 0 Å². The fourth-order valence-electron chi connectivity index (χ4n) is 3.26.